The fraction of sp³-hybridized carbons (Fsp3) is 0.533. The Bertz CT molecular complexity index is 398. The molecule has 2 rings (SSSR count). The van der Waals surface area contributed by atoms with Crippen LogP contribution >= 0.6 is 0 Å². The summed E-state index contributed by atoms with van der Waals surface area (Å²) >= 11 is 0. The maximum absolute atomic E-state index is 10.6. The van der Waals surface area contributed by atoms with Crippen LogP contribution in [0.25, 0.3) is 0 Å². The molecule has 104 valence electrons. The van der Waals surface area contributed by atoms with E-state index in [1.165, 1.54) is 12.8 Å². The zero-order valence-corrected chi connectivity index (χ0v) is 11.1. The molecule has 0 aliphatic heterocycles. The van der Waals surface area contributed by atoms with Crippen molar-refractivity contribution in [2.45, 2.75) is 25.8 Å². The van der Waals surface area contributed by atoms with E-state index in [1.807, 2.05) is 24.3 Å². The van der Waals surface area contributed by atoms with Gasteiger partial charge in [-0.25, -0.2) is 0 Å². The Morgan fingerprint density at radius 3 is 2.58 bits per heavy atom. The van der Waals surface area contributed by atoms with Gasteiger partial charge in [0.1, 0.15) is 0 Å². The van der Waals surface area contributed by atoms with Crippen molar-refractivity contribution in [3.8, 4) is 0 Å². The molecule has 0 spiro atoms. The molecular formula is C15H21NO3. The topological polar surface area (TPSA) is 58.6 Å². The number of aliphatic carboxylic acids is 1. The van der Waals surface area contributed by atoms with Crippen molar-refractivity contribution in [2.24, 2.45) is 5.92 Å². The molecule has 1 aliphatic carbocycles. The number of benzene rings is 1. The molecule has 4 nitrogen and oxygen atoms in total. The van der Waals surface area contributed by atoms with Crippen molar-refractivity contribution in [3.63, 3.8) is 0 Å². The molecule has 1 aromatic carbocycles. The molecular weight excluding hydrogens is 242 g/mol. The van der Waals surface area contributed by atoms with E-state index in [0.29, 0.717) is 0 Å². The van der Waals surface area contributed by atoms with Gasteiger partial charge in [0.25, 0.3) is 0 Å². The smallest absolute Gasteiger partial charge is 0.307 e. The highest BCUT2D eigenvalue weighted by Crippen LogP contribution is 2.28. The first-order valence-electron chi connectivity index (χ1n) is 6.82. The third-order valence-electron chi connectivity index (χ3n) is 3.18. The number of carboxylic acid groups (broad SMARTS) is 1. The maximum Gasteiger partial charge on any atom is 0.307 e. The predicted octanol–water partition coefficient (Wildman–Crippen LogP) is 1.83. The Kier molecular flexibility index (Phi) is 5.36. The van der Waals surface area contributed by atoms with Crippen LogP contribution in [0.15, 0.2) is 24.3 Å². The van der Waals surface area contributed by atoms with Gasteiger partial charge in [0.05, 0.1) is 13.0 Å². The Morgan fingerprint density at radius 2 is 1.95 bits per heavy atom. The summed E-state index contributed by atoms with van der Waals surface area (Å²) in [4.78, 5) is 10.6. The van der Waals surface area contributed by atoms with E-state index < -0.39 is 5.97 Å². The van der Waals surface area contributed by atoms with Gasteiger partial charge in [-0.1, -0.05) is 24.3 Å². The van der Waals surface area contributed by atoms with Crippen molar-refractivity contribution >= 4 is 5.97 Å². The van der Waals surface area contributed by atoms with Crippen LogP contribution in [0.5, 0.6) is 0 Å². The molecule has 0 unspecified atom stereocenters. The van der Waals surface area contributed by atoms with Gasteiger partial charge in [-0.2, -0.15) is 0 Å². The van der Waals surface area contributed by atoms with Gasteiger partial charge < -0.3 is 15.2 Å². The molecule has 2 N–H and O–H groups in total. The highest BCUT2D eigenvalue weighted by atomic mass is 16.5. The molecule has 19 heavy (non-hydrogen) atoms. The molecule has 1 fully saturated rings. The normalized spacial score (nSPS) is 14.5. The summed E-state index contributed by atoms with van der Waals surface area (Å²) < 4.78 is 5.53. The van der Waals surface area contributed by atoms with Crippen molar-refractivity contribution in [2.75, 3.05) is 19.8 Å². The number of hydrogen-bond acceptors (Lipinski definition) is 3. The van der Waals surface area contributed by atoms with Crippen molar-refractivity contribution < 1.29 is 14.6 Å². The fourth-order valence-corrected chi connectivity index (χ4v) is 1.86. The van der Waals surface area contributed by atoms with Crippen LogP contribution in [0.1, 0.15) is 24.0 Å². The highest BCUT2D eigenvalue weighted by Gasteiger charge is 2.20. The first-order chi connectivity index (χ1) is 9.24. The molecule has 0 saturated heterocycles. The van der Waals surface area contributed by atoms with Crippen LogP contribution in [-0.2, 0) is 22.5 Å². The molecule has 4 heteroatoms. The standard InChI is InChI=1S/C15H21NO3/c17-15(18)9-12-1-3-13(4-2-12)10-16-7-8-19-11-14-5-6-14/h1-4,14,16H,5-11H2,(H,17,18). The van der Waals surface area contributed by atoms with Gasteiger partial charge in [-0.15, -0.1) is 0 Å². The monoisotopic (exact) mass is 263 g/mol. The molecule has 0 radical (unpaired) electrons. The Balaban J connectivity index is 1.58. The van der Waals surface area contributed by atoms with Gasteiger partial charge in [-0.05, 0) is 29.9 Å². The second-order valence-corrected chi connectivity index (χ2v) is 5.08. The highest BCUT2D eigenvalue weighted by molar-refractivity contribution is 5.70. The maximum atomic E-state index is 10.6. The van der Waals surface area contributed by atoms with Crippen molar-refractivity contribution in [1.82, 2.24) is 5.32 Å². The minimum Gasteiger partial charge on any atom is -0.481 e. The average Bonchev–Trinajstić information content (AvgIpc) is 3.19. The molecule has 0 heterocycles. The lowest BCUT2D eigenvalue weighted by Crippen LogP contribution is -2.19. The lowest BCUT2D eigenvalue weighted by molar-refractivity contribution is -0.136. The summed E-state index contributed by atoms with van der Waals surface area (Å²) in [6.07, 6.45) is 2.74. The molecule has 0 atom stereocenters. The van der Waals surface area contributed by atoms with Gasteiger partial charge >= 0.3 is 5.97 Å². The molecule has 0 aromatic heterocycles. The summed E-state index contributed by atoms with van der Waals surface area (Å²) in [5.74, 6) is 0.0282. The zero-order chi connectivity index (χ0) is 13.5. The third-order valence-corrected chi connectivity index (χ3v) is 3.18. The minimum atomic E-state index is -0.793. The van der Waals surface area contributed by atoms with Crippen LogP contribution in [0.4, 0.5) is 0 Å². The Labute approximate surface area is 113 Å². The van der Waals surface area contributed by atoms with E-state index in [9.17, 15) is 4.79 Å². The van der Waals surface area contributed by atoms with E-state index in [4.69, 9.17) is 9.84 Å². The summed E-state index contributed by atoms with van der Waals surface area (Å²) in [5.41, 5.74) is 2.00. The molecule has 1 saturated carbocycles. The second-order valence-electron chi connectivity index (χ2n) is 5.08. The first kappa shape index (κ1) is 14.0. The quantitative estimate of drug-likeness (QED) is 0.667. The summed E-state index contributed by atoms with van der Waals surface area (Å²) in [5, 5.41) is 12.0. The lowest BCUT2D eigenvalue weighted by Gasteiger charge is -2.06. The van der Waals surface area contributed by atoms with Gasteiger partial charge in [0.15, 0.2) is 0 Å². The summed E-state index contributed by atoms with van der Waals surface area (Å²) in [6, 6.07) is 7.68. The van der Waals surface area contributed by atoms with Gasteiger partial charge in [0.2, 0.25) is 0 Å². The van der Waals surface area contributed by atoms with Gasteiger partial charge in [0, 0.05) is 19.7 Å². The third kappa shape index (κ3) is 5.85. The number of carbonyl (C=O) groups is 1. The number of carboxylic acids is 1. The average molecular weight is 263 g/mol. The van der Waals surface area contributed by atoms with E-state index in [1.54, 1.807) is 0 Å². The predicted molar refractivity (Wildman–Crippen MR) is 73.0 cm³/mol. The second kappa shape index (κ2) is 7.26. The van der Waals surface area contributed by atoms with Crippen LogP contribution < -0.4 is 5.32 Å². The zero-order valence-electron chi connectivity index (χ0n) is 11.1. The molecule has 1 aromatic rings. The number of hydrogen-bond donors (Lipinski definition) is 2. The van der Waals surface area contributed by atoms with Crippen LogP contribution in [0.3, 0.4) is 0 Å². The molecule has 0 amide bonds. The molecule has 0 bridgehead atoms. The number of ether oxygens (including phenoxy) is 1. The first-order valence-corrected chi connectivity index (χ1v) is 6.82. The summed E-state index contributed by atoms with van der Waals surface area (Å²) in [7, 11) is 0. The molecule has 1 aliphatic rings. The fourth-order valence-electron chi connectivity index (χ4n) is 1.86. The van der Waals surface area contributed by atoms with Crippen molar-refractivity contribution in [3.05, 3.63) is 35.4 Å². The van der Waals surface area contributed by atoms with Crippen LogP contribution in [0, 0.1) is 5.92 Å². The lowest BCUT2D eigenvalue weighted by atomic mass is 10.1. The van der Waals surface area contributed by atoms with E-state index in [0.717, 1.165) is 43.3 Å². The van der Waals surface area contributed by atoms with Crippen LogP contribution in [0.2, 0.25) is 0 Å². The number of nitrogens with one attached hydrogen (secondary N) is 1. The SMILES string of the molecule is O=C(O)Cc1ccc(CNCCOCC2CC2)cc1. The van der Waals surface area contributed by atoms with Crippen molar-refractivity contribution in [1.29, 1.82) is 0 Å². The van der Waals surface area contributed by atoms with Crippen LogP contribution in [-0.4, -0.2) is 30.8 Å². The minimum absolute atomic E-state index is 0.0860. The Morgan fingerprint density at radius 1 is 1.26 bits per heavy atom. The van der Waals surface area contributed by atoms with E-state index in [-0.39, 0.29) is 6.42 Å². The largest absolute Gasteiger partial charge is 0.481 e. The summed E-state index contributed by atoms with van der Waals surface area (Å²) in [6.45, 7) is 3.31. The Hall–Kier alpha value is -1.39. The van der Waals surface area contributed by atoms with E-state index >= 15 is 0 Å². The number of rotatable bonds is 9. The van der Waals surface area contributed by atoms with Gasteiger partial charge in [-0.3, -0.25) is 4.79 Å². The van der Waals surface area contributed by atoms with E-state index in [2.05, 4.69) is 5.32 Å².